The molecule has 2 bridgehead atoms. The SMILES string of the molecule is CC(C)(C)OC(=O)NCCC(=O)N1C2CCC(CC2)C1C(=O)N[C@@H](Cc1ccc(NC(=O)c2c(Cl)cncc2Cl)cc1)C(=O)O. The first kappa shape index (κ1) is 34.0. The molecule has 4 N–H and O–H groups in total. The summed E-state index contributed by atoms with van der Waals surface area (Å²) in [6.45, 7) is 5.27. The number of fused-ring (bicyclic) bond motifs is 3. The molecule has 3 heterocycles. The van der Waals surface area contributed by atoms with Gasteiger partial charge in [-0.25, -0.2) is 9.59 Å². The molecular formula is C31H37Cl2N5O7. The van der Waals surface area contributed by atoms with E-state index in [1.54, 1.807) is 49.9 Å². The average Bonchev–Trinajstić information content (AvgIpc) is 2.96. The Bertz CT molecular complexity index is 1420. The van der Waals surface area contributed by atoms with Crippen molar-refractivity contribution >= 4 is 58.7 Å². The predicted molar refractivity (Wildman–Crippen MR) is 167 cm³/mol. The maximum Gasteiger partial charge on any atom is 0.407 e. The number of pyridine rings is 1. The van der Waals surface area contributed by atoms with Crippen molar-refractivity contribution < 1.29 is 33.8 Å². The number of hydrogen-bond donors (Lipinski definition) is 4. The van der Waals surface area contributed by atoms with E-state index in [1.807, 2.05) is 0 Å². The number of nitrogens with one attached hydrogen (secondary N) is 3. The summed E-state index contributed by atoms with van der Waals surface area (Å²) in [5.41, 5.74) is 0.435. The zero-order valence-corrected chi connectivity index (χ0v) is 26.8. The van der Waals surface area contributed by atoms with E-state index in [1.165, 1.54) is 12.4 Å². The lowest BCUT2D eigenvalue weighted by atomic mass is 9.74. The van der Waals surface area contributed by atoms with E-state index in [0.29, 0.717) is 11.3 Å². The van der Waals surface area contributed by atoms with Crippen LogP contribution in [-0.4, -0.2) is 75.0 Å². The van der Waals surface area contributed by atoms with Gasteiger partial charge in [0.1, 0.15) is 17.7 Å². The highest BCUT2D eigenvalue weighted by molar-refractivity contribution is 6.40. The van der Waals surface area contributed by atoms with Crippen LogP contribution in [0.25, 0.3) is 0 Å². The van der Waals surface area contributed by atoms with Crippen LogP contribution in [0.5, 0.6) is 0 Å². The van der Waals surface area contributed by atoms with E-state index < -0.39 is 41.6 Å². The van der Waals surface area contributed by atoms with E-state index in [2.05, 4.69) is 20.9 Å². The van der Waals surface area contributed by atoms with Crippen molar-refractivity contribution in [2.45, 2.75) is 83.0 Å². The number of anilines is 1. The van der Waals surface area contributed by atoms with Crippen molar-refractivity contribution in [2.75, 3.05) is 11.9 Å². The number of aromatic nitrogens is 1. The summed E-state index contributed by atoms with van der Waals surface area (Å²) in [6.07, 6.45) is 5.02. The first-order valence-corrected chi connectivity index (χ1v) is 15.5. The van der Waals surface area contributed by atoms with Gasteiger partial charge >= 0.3 is 12.1 Å². The number of alkyl carbamates (subject to hydrolysis) is 1. The van der Waals surface area contributed by atoms with Crippen LogP contribution in [0.2, 0.25) is 10.0 Å². The van der Waals surface area contributed by atoms with Crippen molar-refractivity contribution in [2.24, 2.45) is 5.92 Å². The largest absolute Gasteiger partial charge is 0.480 e. The Morgan fingerprint density at radius 2 is 1.64 bits per heavy atom. The van der Waals surface area contributed by atoms with Gasteiger partial charge in [-0.15, -0.1) is 0 Å². The van der Waals surface area contributed by atoms with E-state index in [4.69, 9.17) is 27.9 Å². The molecule has 5 rings (SSSR count). The number of aliphatic carboxylic acids is 1. The fourth-order valence-electron chi connectivity index (χ4n) is 5.80. The van der Waals surface area contributed by atoms with Gasteiger partial charge in [0, 0.05) is 43.5 Å². The second-order valence-corrected chi connectivity index (χ2v) is 13.0. The molecule has 0 radical (unpaired) electrons. The van der Waals surface area contributed by atoms with Crippen LogP contribution < -0.4 is 16.0 Å². The van der Waals surface area contributed by atoms with E-state index >= 15 is 0 Å². The standard InChI is InChI=1S/C31H37Cl2N5O7/c1-31(2,3)45-30(44)35-13-12-24(39)38-20-10-6-18(7-11-20)26(38)28(41)37-23(29(42)43)14-17-4-8-19(9-5-17)36-27(40)25-21(32)15-34-16-22(25)33/h4-5,8-9,15-16,18,20,23,26H,6-7,10-14H2,1-3H3,(H,35,44)(H,36,40)(H,37,41)(H,42,43)/t18?,20?,23-,26?/m0/s1. The van der Waals surface area contributed by atoms with Gasteiger partial charge in [0.25, 0.3) is 5.91 Å². The van der Waals surface area contributed by atoms with Crippen molar-refractivity contribution in [3.05, 3.63) is 57.8 Å². The number of carboxylic acid groups (broad SMARTS) is 1. The van der Waals surface area contributed by atoms with Crippen molar-refractivity contribution in [3.63, 3.8) is 0 Å². The lowest BCUT2D eigenvalue weighted by Gasteiger charge is -2.50. The molecule has 1 aromatic carbocycles. The molecule has 45 heavy (non-hydrogen) atoms. The van der Waals surface area contributed by atoms with Crippen LogP contribution in [0.3, 0.4) is 0 Å². The number of nitrogens with zero attached hydrogens (tertiary/aromatic N) is 2. The molecule has 3 aliphatic rings. The van der Waals surface area contributed by atoms with Crippen molar-refractivity contribution in [1.29, 1.82) is 0 Å². The summed E-state index contributed by atoms with van der Waals surface area (Å²) in [4.78, 5) is 69.2. The highest BCUT2D eigenvalue weighted by Gasteiger charge is 2.47. The molecule has 2 aromatic rings. The first-order chi connectivity index (χ1) is 21.2. The van der Waals surface area contributed by atoms with Crippen LogP contribution in [0.15, 0.2) is 36.7 Å². The number of rotatable bonds is 10. The second-order valence-electron chi connectivity index (χ2n) is 12.2. The molecule has 2 atom stereocenters. The molecule has 1 aromatic heterocycles. The highest BCUT2D eigenvalue weighted by atomic mass is 35.5. The number of halogens is 2. The van der Waals surface area contributed by atoms with Gasteiger partial charge in [-0.2, -0.15) is 0 Å². The van der Waals surface area contributed by atoms with Gasteiger partial charge in [-0.3, -0.25) is 19.4 Å². The molecule has 12 nitrogen and oxygen atoms in total. The van der Waals surface area contributed by atoms with Gasteiger partial charge in [0.05, 0.1) is 15.6 Å². The maximum atomic E-state index is 13.6. The Hall–Kier alpha value is -3.90. The second kappa shape index (κ2) is 14.5. The molecule has 3 fully saturated rings. The molecule has 1 unspecified atom stereocenters. The molecule has 14 heteroatoms. The van der Waals surface area contributed by atoms with E-state index in [9.17, 15) is 29.1 Å². The van der Waals surface area contributed by atoms with Crippen LogP contribution in [0, 0.1) is 5.92 Å². The molecule has 0 spiro atoms. The van der Waals surface area contributed by atoms with Crippen LogP contribution in [0.1, 0.15) is 68.8 Å². The van der Waals surface area contributed by atoms with Gasteiger partial charge in [0.2, 0.25) is 11.8 Å². The number of carboxylic acids is 1. The molecule has 1 aliphatic carbocycles. The summed E-state index contributed by atoms with van der Waals surface area (Å²) < 4.78 is 5.21. The normalized spacial score (nSPS) is 19.8. The molecular weight excluding hydrogens is 625 g/mol. The predicted octanol–water partition coefficient (Wildman–Crippen LogP) is 4.44. The summed E-state index contributed by atoms with van der Waals surface area (Å²) in [7, 11) is 0. The topological polar surface area (TPSA) is 167 Å². The number of carbonyl (C=O) groups is 5. The molecule has 242 valence electrons. The monoisotopic (exact) mass is 661 g/mol. The average molecular weight is 663 g/mol. The lowest BCUT2D eigenvalue weighted by Crippen LogP contribution is -2.64. The molecule has 4 amide bonds. The highest BCUT2D eigenvalue weighted by Crippen LogP contribution is 2.40. The summed E-state index contributed by atoms with van der Waals surface area (Å²) in [6, 6.07) is 4.32. The van der Waals surface area contributed by atoms with Crippen molar-refractivity contribution in [3.8, 4) is 0 Å². The van der Waals surface area contributed by atoms with Crippen molar-refractivity contribution in [1.82, 2.24) is 20.5 Å². The Labute approximate surface area is 271 Å². The molecule has 1 saturated carbocycles. The van der Waals surface area contributed by atoms with E-state index in [0.717, 1.165) is 25.7 Å². The zero-order chi connectivity index (χ0) is 32.9. The molecule has 2 saturated heterocycles. The van der Waals surface area contributed by atoms with Gasteiger partial charge in [-0.05, 0) is 70.1 Å². The van der Waals surface area contributed by atoms with Crippen LogP contribution in [0.4, 0.5) is 10.5 Å². The maximum absolute atomic E-state index is 13.6. The quantitative estimate of drug-likeness (QED) is 0.290. The fraction of sp³-hybridized carbons (Fsp3) is 0.484. The smallest absolute Gasteiger partial charge is 0.407 e. The number of amides is 4. The Morgan fingerprint density at radius 3 is 2.22 bits per heavy atom. The third kappa shape index (κ3) is 8.85. The van der Waals surface area contributed by atoms with Gasteiger partial charge in [0.15, 0.2) is 0 Å². The summed E-state index contributed by atoms with van der Waals surface area (Å²) in [5, 5.41) is 18.1. The Kier molecular flexibility index (Phi) is 10.9. The Balaban J connectivity index is 1.38. The molecule has 2 aliphatic heterocycles. The fourth-order valence-corrected chi connectivity index (χ4v) is 6.34. The minimum absolute atomic E-state index is 0.0168. The number of benzene rings is 1. The van der Waals surface area contributed by atoms with Gasteiger partial charge in [-0.1, -0.05) is 35.3 Å². The number of ether oxygens (including phenoxy) is 1. The number of carbonyl (C=O) groups excluding carboxylic acids is 4. The number of hydrogen-bond acceptors (Lipinski definition) is 7. The van der Waals surface area contributed by atoms with Crippen LogP contribution >= 0.6 is 23.2 Å². The minimum Gasteiger partial charge on any atom is -0.480 e. The number of piperidine rings is 2. The van der Waals surface area contributed by atoms with Gasteiger partial charge < -0.3 is 30.7 Å². The van der Waals surface area contributed by atoms with E-state index in [-0.39, 0.29) is 52.9 Å². The Morgan fingerprint density at radius 1 is 1.02 bits per heavy atom. The summed E-state index contributed by atoms with van der Waals surface area (Å²) in [5.74, 6) is -2.63. The van der Waals surface area contributed by atoms with Crippen LogP contribution in [-0.2, 0) is 25.5 Å². The zero-order valence-electron chi connectivity index (χ0n) is 25.3. The first-order valence-electron chi connectivity index (χ1n) is 14.7. The lowest BCUT2D eigenvalue weighted by molar-refractivity contribution is -0.154. The summed E-state index contributed by atoms with van der Waals surface area (Å²) >= 11 is 12.1. The minimum atomic E-state index is -1.25. The third-order valence-corrected chi connectivity index (χ3v) is 8.36. The third-order valence-electron chi connectivity index (χ3n) is 7.79.